The predicted molar refractivity (Wildman–Crippen MR) is 238 cm³/mol. The van der Waals surface area contributed by atoms with Crippen molar-refractivity contribution in [2.45, 2.75) is 0 Å². The summed E-state index contributed by atoms with van der Waals surface area (Å²) >= 11 is 1.85. The lowest BCUT2D eigenvalue weighted by Crippen LogP contribution is -2.06. The summed E-state index contributed by atoms with van der Waals surface area (Å²) in [4.78, 5) is 15.8. The zero-order chi connectivity index (χ0) is 37.5. The highest BCUT2D eigenvalue weighted by atomic mass is 32.1. The van der Waals surface area contributed by atoms with Gasteiger partial charge in [0.15, 0.2) is 11.6 Å². The Kier molecular flexibility index (Phi) is 7.03. The summed E-state index contributed by atoms with van der Waals surface area (Å²) in [7, 11) is 0. The van der Waals surface area contributed by atoms with Gasteiger partial charge in [-0.25, -0.2) is 4.98 Å². The van der Waals surface area contributed by atoms with Crippen LogP contribution in [0.2, 0.25) is 0 Å². The molecule has 0 aliphatic heterocycles. The summed E-state index contributed by atoms with van der Waals surface area (Å²) in [5, 5.41) is 7.26. The Balaban J connectivity index is 1.11. The Labute approximate surface area is 331 Å². The van der Waals surface area contributed by atoms with E-state index in [1.165, 1.54) is 36.5 Å². The van der Waals surface area contributed by atoms with Crippen LogP contribution in [0.15, 0.2) is 188 Å². The van der Waals surface area contributed by atoms with Crippen LogP contribution in [-0.4, -0.2) is 24.1 Å². The monoisotopic (exact) mass is 745 g/mol. The molecule has 0 atom stereocenters. The number of benzene rings is 8. The van der Waals surface area contributed by atoms with E-state index in [2.05, 4.69) is 179 Å². The van der Waals surface area contributed by atoms with Crippen molar-refractivity contribution >= 4 is 75.1 Å². The quantitative estimate of drug-likeness (QED) is 0.176. The second-order valence-electron chi connectivity index (χ2n) is 14.4. The molecular formula is C51H31N5S. The SMILES string of the molecule is c1ccc(-c2nc(-c3ccc4c5ccccc5n(-c5ccccc5)c4c3)nc(-n3c4ccccc4c4ccc(-c5cccc6c5sc5ccccc56)cc43)n2)cc1. The van der Waals surface area contributed by atoms with E-state index in [0.29, 0.717) is 17.6 Å². The molecule has 0 bridgehead atoms. The van der Waals surface area contributed by atoms with E-state index in [0.717, 1.165) is 55.2 Å². The Morgan fingerprint density at radius 1 is 0.351 bits per heavy atom. The fourth-order valence-electron chi connectivity index (χ4n) is 8.60. The van der Waals surface area contributed by atoms with Gasteiger partial charge in [0.05, 0.1) is 22.1 Å². The van der Waals surface area contributed by atoms with Crippen molar-refractivity contribution in [2.75, 3.05) is 0 Å². The first-order valence-corrected chi connectivity index (χ1v) is 19.9. The van der Waals surface area contributed by atoms with E-state index in [1.54, 1.807) is 0 Å². The molecule has 266 valence electrons. The molecule has 4 aromatic heterocycles. The van der Waals surface area contributed by atoms with Crippen LogP contribution in [0, 0.1) is 0 Å². The molecule has 57 heavy (non-hydrogen) atoms. The summed E-state index contributed by atoms with van der Waals surface area (Å²) in [6.45, 7) is 0. The molecule has 0 aliphatic carbocycles. The largest absolute Gasteiger partial charge is 0.309 e. The smallest absolute Gasteiger partial charge is 0.238 e. The highest BCUT2D eigenvalue weighted by Gasteiger charge is 2.20. The van der Waals surface area contributed by atoms with Gasteiger partial charge in [-0.1, -0.05) is 146 Å². The number of nitrogens with zero attached hydrogens (tertiary/aromatic N) is 5. The molecule has 0 radical (unpaired) electrons. The fraction of sp³-hybridized carbons (Fsp3) is 0. The maximum Gasteiger partial charge on any atom is 0.238 e. The predicted octanol–water partition coefficient (Wildman–Crippen LogP) is 13.4. The van der Waals surface area contributed by atoms with E-state index in [9.17, 15) is 0 Å². The Bertz CT molecular complexity index is 3520. The first kappa shape index (κ1) is 31.9. The molecule has 12 aromatic rings. The molecular weight excluding hydrogens is 715 g/mol. The van der Waals surface area contributed by atoms with Gasteiger partial charge in [0.2, 0.25) is 5.95 Å². The highest BCUT2D eigenvalue weighted by molar-refractivity contribution is 7.26. The molecule has 4 heterocycles. The van der Waals surface area contributed by atoms with Gasteiger partial charge in [-0.3, -0.25) is 4.57 Å². The van der Waals surface area contributed by atoms with Crippen LogP contribution >= 0.6 is 11.3 Å². The highest BCUT2D eigenvalue weighted by Crippen LogP contribution is 2.42. The number of aromatic nitrogens is 5. The van der Waals surface area contributed by atoms with Gasteiger partial charge >= 0.3 is 0 Å². The third-order valence-corrected chi connectivity index (χ3v) is 12.4. The van der Waals surface area contributed by atoms with Crippen molar-refractivity contribution in [2.24, 2.45) is 0 Å². The minimum absolute atomic E-state index is 0.575. The van der Waals surface area contributed by atoms with E-state index in [-0.39, 0.29) is 0 Å². The molecule has 0 spiro atoms. The number of hydrogen-bond acceptors (Lipinski definition) is 4. The van der Waals surface area contributed by atoms with Crippen LogP contribution in [0.4, 0.5) is 0 Å². The molecule has 0 unspecified atom stereocenters. The van der Waals surface area contributed by atoms with Gasteiger partial charge in [0.25, 0.3) is 0 Å². The van der Waals surface area contributed by atoms with Crippen molar-refractivity contribution in [1.29, 1.82) is 0 Å². The van der Waals surface area contributed by atoms with E-state index >= 15 is 0 Å². The first-order valence-electron chi connectivity index (χ1n) is 19.1. The molecule has 5 nitrogen and oxygen atoms in total. The zero-order valence-corrected chi connectivity index (χ0v) is 31.4. The molecule has 6 heteroatoms. The summed E-state index contributed by atoms with van der Waals surface area (Å²) in [6.07, 6.45) is 0. The standard InChI is InChI=1S/C51H31N5S/c1-3-14-32(15-4-1)49-52-50(34-27-29-39-37-18-7-10-23-43(37)55(45(39)31-34)35-16-5-2-6-17-35)54-51(53-49)56-44-24-11-8-19-38(44)40-28-26-33(30-46(40)56)36-21-13-22-42-41-20-9-12-25-47(41)57-48(36)42/h1-31H. The van der Waals surface area contributed by atoms with Crippen molar-refractivity contribution < 1.29 is 0 Å². The second-order valence-corrected chi connectivity index (χ2v) is 15.5. The molecule has 0 saturated heterocycles. The van der Waals surface area contributed by atoms with Crippen molar-refractivity contribution in [3.63, 3.8) is 0 Å². The molecule has 0 fully saturated rings. The van der Waals surface area contributed by atoms with Gasteiger partial charge in [-0.15, -0.1) is 11.3 Å². The molecule has 0 saturated carbocycles. The van der Waals surface area contributed by atoms with E-state index in [1.807, 2.05) is 29.5 Å². The molecule has 0 aliphatic rings. The van der Waals surface area contributed by atoms with Crippen LogP contribution in [0.3, 0.4) is 0 Å². The van der Waals surface area contributed by atoms with Crippen LogP contribution in [0.5, 0.6) is 0 Å². The number of thiophene rings is 1. The van der Waals surface area contributed by atoms with Gasteiger partial charge in [0.1, 0.15) is 0 Å². The Hall–Kier alpha value is -7.41. The lowest BCUT2D eigenvalue weighted by Gasteiger charge is -2.12. The van der Waals surface area contributed by atoms with Crippen LogP contribution < -0.4 is 0 Å². The average molecular weight is 746 g/mol. The second kappa shape index (κ2) is 12.6. The summed E-state index contributed by atoms with van der Waals surface area (Å²) in [6, 6.07) is 66.7. The molecule has 12 rings (SSSR count). The van der Waals surface area contributed by atoms with Gasteiger partial charge in [-0.05, 0) is 53.6 Å². The first-order chi connectivity index (χ1) is 28.3. The number of rotatable bonds is 5. The maximum absolute atomic E-state index is 5.35. The third-order valence-electron chi connectivity index (χ3n) is 11.2. The van der Waals surface area contributed by atoms with E-state index in [4.69, 9.17) is 15.0 Å². The van der Waals surface area contributed by atoms with Gasteiger partial charge < -0.3 is 4.57 Å². The van der Waals surface area contributed by atoms with Crippen molar-refractivity contribution in [1.82, 2.24) is 24.1 Å². The van der Waals surface area contributed by atoms with Crippen molar-refractivity contribution in [3.8, 4) is 45.5 Å². The average Bonchev–Trinajstić information content (AvgIpc) is 3.94. The van der Waals surface area contributed by atoms with Gasteiger partial charge in [-0.2, -0.15) is 9.97 Å². The third kappa shape index (κ3) is 4.98. The minimum atomic E-state index is 0.575. The Morgan fingerprint density at radius 3 is 1.65 bits per heavy atom. The number of hydrogen-bond donors (Lipinski definition) is 0. The molecule has 0 amide bonds. The lowest BCUT2D eigenvalue weighted by molar-refractivity contribution is 0.953. The number of fused-ring (bicyclic) bond motifs is 9. The summed E-state index contributed by atoms with van der Waals surface area (Å²) < 4.78 is 7.14. The molecule has 8 aromatic carbocycles. The molecule has 0 N–H and O–H groups in total. The lowest BCUT2D eigenvalue weighted by atomic mass is 10.0. The summed E-state index contributed by atoms with van der Waals surface area (Å²) in [5.41, 5.74) is 9.67. The van der Waals surface area contributed by atoms with Gasteiger partial charge in [0, 0.05) is 58.5 Å². The normalized spacial score (nSPS) is 11.9. The van der Waals surface area contributed by atoms with Crippen LogP contribution in [0.1, 0.15) is 0 Å². The number of para-hydroxylation sites is 3. The van der Waals surface area contributed by atoms with Crippen LogP contribution in [-0.2, 0) is 0 Å². The maximum atomic E-state index is 5.35. The summed E-state index contributed by atoms with van der Waals surface area (Å²) in [5.74, 6) is 1.81. The topological polar surface area (TPSA) is 48.5 Å². The fourth-order valence-corrected chi connectivity index (χ4v) is 9.84. The minimum Gasteiger partial charge on any atom is -0.309 e. The van der Waals surface area contributed by atoms with E-state index < -0.39 is 0 Å². The Morgan fingerprint density at radius 2 is 0.895 bits per heavy atom. The van der Waals surface area contributed by atoms with Crippen molar-refractivity contribution in [3.05, 3.63) is 188 Å². The zero-order valence-electron chi connectivity index (χ0n) is 30.5. The van der Waals surface area contributed by atoms with Crippen LogP contribution in [0.25, 0.3) is 109 Å².